The van der Waals surface area contributed by atoms with Gasteiger partial charge in [-0.2, -0.15) is 0 Å². The Morgan fingerprint density at radius 3 is 2.85 bits per heavy atom. The molecule has 6 heteroatoms. The summed E-state index contributed by atoms with van der Waals surface area (Å²) in [4.78, 5) is 2.42. The van der Waals surface area contributed by atoms with Crippen molar-refractivity contribution in [1.29, 1.82) is 0 Å². The van der Waals surface area contributed by atoms with E-state index in [0.717, 1.165) is 42.5 Å². The van der Waals surface area contributed by atoms with Gasteiger partial charge in [-0.25, -0.2) is 0 Å². The van der Waals surface area contributed by atoms with Gasteiger partial charge in [0.05, 0.1) is 12.7 Å². The van der Waals surface area contributed by atoms with Gasteiger partial charge in [-0.1, -0.05) is 48.0 Å². The number of anilines is 1. The predicted molar refractivity (Wildman–Crippen MR) is 112 cm³/mol. The summed E-state index contributed by atoms with van der Waals surface area (Å²) in [5.74, 6) is 0. The van der Waals surface area contributed by atoms with Crippen LogP contribution in [0.2, 0.25) is 5.02 Å². The van der Waals surface area contributed by atoms with Crippen LogP contribution in [0.15, 0.2) is 48.5 Å². The Balaban J connectivity index is 1.46. The fourth-order valence-electron chi connectivity index (χ4n) is 3.01. The normalized spacial score (nSPS) is 17.7. The largest absolute Gasteiger partial charge is 0.374 e. The monoisotopic (exact) mass is 389 g/mol. The first-order valence-electron chi connectivity index (χ1n) is 8.79. The van der Waals surface area contributed by atoms with Crippen molar-refractivity contribution in [3.05, 3.63) is 64.7 Å². The molecule has 2 N–H and O–H groups in total. The van der Waals surface area contributed by atoms with Gasteiger partial charge in [0.1, 0.15) is 0 Å². The summed E-state index contributed by atoms with van der Waals surface area (Å²) in [5, 5.41) is 7.78. The molecule has 4 nitrogen and oxygen atoms in total. The molecule has 0 bridgehead atoms. The van der Waals surface area contributed by atoms with Crippen molar-refractivity contribution in [2.24, 2.45) is 0 Å². The van der Waals surface area contributed by atoms with Crippen molar-refractivity contribution in [2.75, 3.05) is 31.6 Å². The molecule has 0 saturated carbocycles. The molecule has 1 aliphatic rings. The summed E-state index contributed by atoms with van der Waals surface area (Å²) in [6, 6.07) is 16.3. The van der Waals surface area contributed by atoms with E-state index in [2.05, 4.69) is 39.8 Å². The minimum absolute atomic E-state index is 0.118. The first-order chi connectivity index (χ1) is 12.6. The number of hydrogen-bond acceptors (Lipinski definition) is 3. The van der Waals surface area contributed by atoms with Gasteiger partial charge in [0.15, 0.2) is 5.11 Å². The van der Waals surface area contributed by atoms with Crippen LogP contribution >= 0.6 is 23.8 Å². The molecule has 1 fully saturated rings. The molecule has 3 rings (SSSR count). The van der Waals surface area contributed by atoms with E-state index in [1.165, 1.54) is 5.56 Å². The quantitative estimate of drug-likeness (QED) is 0.760. The smallest absolute Gasteiger partial charge is 0.170 e. The third-order valence-corrected chi connectivity index (χ3v) is 5.13. The third-order valence-electron chi connectivity index (χ3n) is 4.48. The maximum atomic E-state index is 6.15. The lowest BCUT2D eigenvalue weighted by molar-refractivity contribution is -0.0279. The van der Waals surface area contributed by atoms with E-state index in [-0.39, 0.29) is 6.10 Å². The van der Waals surface area contributed by atoms with Crippen LogP contribution in [0.5, 0.6) is 0 Å². The second-order valence-electron chi connectivity index (χ2n) is 6.46. The van der Waals surface area contributed by atoms with E-state index in [1.54, 1.807) is 0 Å². The molecule has 1 atom stereocenters. The molecule has 0 aromatic heterocycles. The molecular weight excluding hydrogens is 366 g/mol. The Labute approximate surface area is 165 Å². The van der Waals surface area contributed by atoms with Gasteiger partial charge in [-0.15, -0.1) is 0 Å². The minimum Gasteiger partial charge on any atom is -0.374 e. The SMILES string of the molecule is Cc1c(Cl)cccc1NC(=S)NC[C@@H]1CN(Cc2ccccc2)CCO1. The lowest BCUT2D eigenvalue weighted by Gasteiger charge is -2.33. The van der Waals surface area contributed by atoms with Crippen molar-refractivity contribution in [3.8, 4) is 0 Å². The van der Waals surface area contributed by atoms with Crippen molar-refractivity contribution in [1.82, 2.24) is 10.2 Å². The van der Waals surface area contributed by atoms with Crippen LogP contribution in [-0.2, 0) is 11.3 Å². The second kappa shape index (κ2) is 9.33. The Hall–Kier alpha value is -1.66. The Kier molecular flexibility index (Phi) is 6.86. The highest BCUT2D eigenvalue weighted by Gasteiger charge is 2.20. The highest BCUT2D eigenvalue weighted by atomic mass is 35.5. The van der Waals surface area contributed by atoms with E-state index in [9.17, 15) is 0 Å². The Bertz CT molecular complexity index is 741. The zero-order chi connectivity index (χ0) is 18.4. The van der Waals surface area contributed by atoms with Crippen LogP contribution < -0.4 is 10.6 Å². The number of benzene rings is 2. The number of nitrogens with zero attached hydrogens (tertiary/aromatic N) is 1. The zero-order valence-corrected chi connectivity index (χ0v) is 16.4. The van der Waals surface area contributed by atoms with E-state index in [0.29, 0.717) is 11.7 Å². The van der Waals surface area contributed by atoms with E-state index in [4.69, 9.17) is 28.6 Å². The fourth-order valence-corrected chi connectivity index (χ4v) is 3.37. The summed E-state index contributed by atoms with van der Waals surface area (Å²) >= 11 is 11.6. The summed E-state index contributed by atoms with van der Waals surface area (Å²) in [5.41, 5.74) is 3.24. The third kappa shape index (κ3) is 5.42. The van der Waals surface area contributed by atoms with Crippen molar-refractivity contribution >= 4 is 34.6 Å². The number of rotatable bonds is 5. The number of thiocarbonyl (C=S) groups is 1. The number of halogens is 1. The summed E-state index contributed by atoms with van der Waals surface area (Å²) < 4.78 is 5.88. The van der Waals surface area contributed by atoms with E-state index >= 15 is 0 Å². The average Bonchev–Trinajstić information content (AvgIpc) is 2.65. The van der Waals surface area contributed by atoms with Gasteiger partial charge in [-0.3, -0.25) is 4.90 Å². The number of nitrogens with one attached hydrogen (secondary N) is 2. The van der Waals surface area contributed by atoms with Crippen LogP contribution in [-0.4, -0.2) is 42.4 Å². The summed E-state index contributed by atoms with van der Waals surface area (Å²) in [6.45, 7) is 6.18. The van der Waals surface area contributed by atoms with Gasteiger partial charge in [0, 0.05) is 36.9 Å². The maximum Gasteiger partial charge on any atom is 0.170 e. The van der Waals surface area contributed by atoms with Crippen molar-refractivity contribution in [2.45, 2.75) is 19.6 Å². The molecule has 26 heavy (non-hydrogen) atoms. The lowest BCUT2D eigenvalue weighted by atomic mass is 10.2. The molecule has 0 spiro atoms. The Morgan fingerprint density at radius 1 is 1.23 bits per heavy atom. The summed E-state index contributed by atoms with van der Waals surface area (Å²) in [6.07, 6.45) is 0.118. The molecular formula is C20H24ClN3OS. The van der Waals surface area contributed by atoms with Crippen LogP contribution in [0.3, 0.4) is 0 Å². The van der Waals surface area contributed by atoms with Crippen LogP contribution in [0.1, 0.15) is 11.1 Å². The number of hydrogen-bond donors (Lipinski definition) is 2. The van der Waals surface area contributed by atoms with Gasteiger partial charge >= 0.3 is 0 Å². The number of ether oxygens (including phenoxy) is 1. The predicted octanol–water partition coefficient (Wildman–Crippen LogP) is 3.84. The molecule has 2 aromatic carbocycles. The van der Waals surface area contributed by atoms with Crippen LogP contribution in [0, 0.1) is 6.92 Å². The van der Waals surface area contributed by atoms with Gasteiger partial charge in [-0.05, 0) is 42.4 Å². The molecule has 1 saturated heterocycles. The van der Waals surface area contributed by atoms with Crippen molar-refractivity contribution < 1.29 is 4.74 Å². The first-order valence-corrected chi connectivity index (χ1v) is 9.58. The molecule has 1 heterocycles. The molecule has 138 valence electrons. The van der Waals surface area contributed by atoms with E-state index in [1.807, 2.05) is 31.2 Å². The molecule has 1 aliphatic heterocycles. The van der Waals surface area contributed by atoms with Crippen LogP contribution in [0.25, 0.3) is 0 Å². The maximum absolute atomic E-state index is 6.15. The first kappa shape index (κ1) is 19.1. The standard InChI is InChI=1S/C20H24ClN3OS/c1-15-18(21)8-5-9-19(15)23-20(26)22-12-17-14-24(10-11-25-17)13-16-6-3-2-4-7-16/h2-9,17H,10-14H2,1H3,(H2,22,23,26)/t17-/m1/s1. The van der Waals surface area contributed by atoms with E-state index < -0.39 is 0 Å². The minimum atomic E-state index is 0.118. The summed E-state index contributed by atoms with van der Waals surface area (Å²) in [7, 11) is 0. The molecule has 0 amide bonds. The van der Waals surface area contributed by atoms with Gasteiger partial charge < -0.3 is 15.4 Å². The molecule has 0 unspecified atom stereocenters. The molecule has 0 radical (unpaired) electrons. The zero-order valence-electron chi connectivity index (χ0n) is 14.9. The molecule has 2 aromatic rings. The highest BCUT2D eigenvalue weighted by molar-refractivity contribution is 7.80. The average molecular weight is 390 g/mol. The Morgan fingerprint density at radius 2 is 2.04 bits per heavy atom. The highest BCUT2D eigenvalue weighted by Crippen LogP contribution is 2.22. The van der Waals surface area contributed by atoms with Crippen molar-refractivity contribution in [3.63, 3.8) is 0 Å². The topological polar surface area (TPSA) is 36.5 Å². The lowest BCUT2D eigenvalue weighted by Crippen LogP contribution is -2.47. The van der Waals surface area contributed by atoms with Gasteiger partial charge in [0.25, 0.3) is 0 Å². The van der Waals surface area contributed by atoms with Gasteiger partial charge in [0.2, 0.25) is 0 Å². The molecule has 0 aliphatic carbocycles. The fraction of sp³-hybridized carbons (Fsp3) is 0.350. The van der Waals surface area contributed by atoms with Crippen LogP contribution in [0.4, 0.5) is 5.69 Å². The second-order valence-corrected chi connectivity index (χ2v) is 7.28. The number of morpholine rings is 1.